The van der Waals surface area contributed by atoms with Crippen LogP contribution in [0, 0.1) is 0 Å². The molecular weight excluding hydrogens is 270 g/mol. The van der Waals surface area contributed by atoms with Crippen LogP contribution < -0.4 is 5.32 Å². The van der Waals surface area contributed by atoms with E-state index in [4.69, 9.17) is 4.74 Å². The minimum absolute atomic E-state index is 0.0406. The fourth-order valence-corrected chi connectivity index (χ4v) is 2.44. The number of ether oxygens (including phenoxy) is 1. The zero-order valence-corrected chi connectivity index (χ0v) is 12.6. The van der Waals surface area contributed by atoms with E-state index in [1.165, 1.54) is 0 Å². The Labute approximate surface area is 124 Å². The Bertz CT molecular complexity index is 525. The highest BCUT2D eigenvalue weighted by Gasteiger charge is 2.28. The minimum atomic E-state index is -0.568. The smallest absolute Gasteiger partial charge is 0.413 e. The van der Waals surface area contributed by atoms with Crippen LogP contribution in [0.3, 0.4) is 0 Å². The van der Waals surface area contributed by atoms with Crippen molar-refractivity contribution in [3.63, 3.8) is 0 Å². The van der Waals surface area contributed by atoms with Gasteiger partial charge in [0.1, 0.15) is 11.4 Å². The highest BCUT2D eigenvalue weighted by Crippen LogP contribution is 2.33. The van der Waals surface area contributed by atoms with Gasteiger partial charge in [-0.3, -0.25) is 10.1 Å². The van der Waals surface area contributed by atoms with Gasteiger partial charge in [0.05, 0.1) is 6.04 Å². The standard InChI is InChI=1S/C15H21N3O3/c1-15(2,3)21-14(20)17-13-11(6-4-8-16-13)12-7-5-9-18(12)10-19/h4,6,8,10,12H,5,7,9H2,1-3H3,(H,16,17,20)/t12-/m0/s1. The molecule has 0 bridgehead atoms. The van der Waals surface area contributed by atoms with Crippen LogP contribution in [0.5, 0.6) is 0 Å². The van der Waals surface area contributed by atoms with Crippen LogP contribution >= 0.6 is 0 Å². The first-order valence-electron chi connectivity index (χ1n) is 7.06. The van der Waals surface area contributed by atoms with E-state index in [1.807, 2.05) is 6.07 Å². The predicted octanol–water partition coefficient (Wildman–Crippen LogP) is 2.72. The molecule has 6 heteroatoms. The summed E-state index contributed by atoms with van der Waals surface area (Å²) in [6, 6.07) is 3.64. The highest BCUT2D eigenvalue weighted by atomic mass is 16.6. The Kier molecular flexibility index (Phi) is 4.45. The Morgan fingerprint density at radius 3 is 2.95 bits per heavy atom. The lowest BCUT2D eigenvalue weighted by atomic mass is 10.1. The fraction of sp³-hybridized carbons (Fsp3) is 0.533. The second-order valence-electron chi connectivity index (χ2n) is 6.07. The number of carbonyl (C=O) groups excluding carboxylic acids is 2. The number of hydrogen-bond acceptors (Lipinski definition) is 4. The summed E-state index contributed by atoms with van der Waals surface area (Å²) >= 11 is 0. The van der Waals surface area contributed by atoms with Crippen molar-refractivity contribution in [2.75, 3.05) is 11.9 Å². The molecule has 1 aromatic heterocycles. The Hall–Kier alpha value is -2.11. The summed E-state index contributed by atoms with van der Waals surface area (Å²) in [6.45, 7) is 6.14. The summed E-state index contributed by atoms with van der Waals surface area (Å²) < 4.78 is 5.24. The number of amides is 2. The van der Waals surface area contributed by atoms with Gasteiger partial charge in [-0.25, -0.2) is 9.78 Å². The maximum absolute atomic E-state index is 11.9. The first-order valence-corrected chi connectivity index (χ1v) is 7.06. The number of anilines is 1. The molecule has 1 N–H and O–H groups in total. The molecule has 1 aliphatic heterocycles. The van der Waals surface area contributed by atoms with Crippen LogP contribution in [0.15, 0.2) is 18.3 Å². The number of nitrogens with zero attached hydrogens (tertiary/aromatic N) is 2. The first-order chi connectivity index (χ1) is 9.90. The number of likely N-dealkylation sites (tertiary alicyclic amines) is 1. The number of rotatable bonds is 3. The van der Waals surface area contributed by atoms with Crippen molar-refractivity contribution >= 4 is 18.3 Å². The van der Waals surface area contributed by atoms with Crippen molar-refractivity contribution in [3.05, 3.63) is 23.9 Å². The second-order valence-corrected chi connectivity index (χ2v) is 6.07. The van der Waals surface area contributed by atoms with E-state index in [-0.39, 0.29) is 6.04 Å². The van der Waals surface area contributed by atoms with Crippen molar-refractivity contribution in [1.29, 1.82) is 0 Å². The number of aromatic nitrogens is 1. The quantitative estimate of drug-likeness (QED) is 0.869. The summed E-state index contributed by atoms with van der Waals surface area (Å²) in [5.41, 5.74) is 0.272. The molecule has 1 saturated heterocycles. The van der Waals surface area contributed by atoms with Gasteiger partial charge in [-0.1, -0.05) is 6.07 Å². The molecular formula is C15H21N3O3. The molecule has 2 heterocycles. The normalized spacial score (nSPS) is 18.4. The second kappa shape index (κ2) is 6.11. The third-order valence-electron chi connectivity index (χ3n) is 3.25. The molecule has 2 rings (SSSR count). The molecule has 1 aromatic rings. The molecule has 21 heavy (non-hydrogen) atoms. The van der Waals surface area contributed by atoms with Gasteiger partial charge in [0.2, 0.25) is 6.41 Å². The van der Waals surface area contributed by atoms with Crippen molar-refractivity contribution in [3.8, 4) is 0 Å². The topological polar surface area (TPSA) is 71.5 Å². The molecule has 0 unspecified atom stereocenters. The molecule has 0 saturated carbocycles. The molecule has 6 nitrogen and oxygen atoms in total. The lowest BCUT2D eigenvalue weighted by Crippen LogP contribution is -2.28. The number of pyridine rings is 1. The van der Waals surface area contributed by atoms with Gasteiger partial charge in [0, 0.05) is 18.3 Å². The number of nitrogens with one attached hydrogen (secondary N) is 1. The van der Waals surface area contributed by atoms with Crippen LogP contribution in [-0.4, -0.2) is 34.5 Å². The van der Waals surface area contributed by atoms with E-state index in [0.717, 1.165) is 31.4 Å². The monoisotopic (exact) mass is 291 g/mol. The van der Waals surface area contributed by atoms with E-state index in [9.17, 15) is 9.59 Å². The zero-order valence-electron chi connectivity index (χ0n) is 12.6. The molecule has 0 spiro atoms. The maximum Gasteiger partial charge on any atom is 0.413 e. The van der Waals surface area contributed by atoms with E-state index in [2.05, 4.69) is 10.3 Å². The van der Waals surface area contributed by atoms with Crippen LogP contribution in [0.4, 0.5) is 10.6 Å². The summed E-state index contributed by atoms with van der Waals surface area (Å²) in [4.78, 5) is 28.9. The van der Waals surface area contributed by atoms with E-state index >= 15 is 0 Å². The lowest BCUT2D eigenvalue weighted by Gasteiger charge is -2.23. The Morgan fingerprint density at radius 2 is 2.29 bits per heavy atom. The molecule has 0 aromatic carbocycles. The van der Waals surface area contributed by atoms with Crippen LogP contribution in [-0.2, 0) is 9.53 Å². The summed E-state index contributed by atoms with van der Waals surface area (Å²) in [5, 5.41) is 2.67. The molecule has 0 radical (unpaired) electrons. The predicted molar refractivity (Wildman–Crippen MR) is 78.8 cm³/mol. The van der Waals surface area contributed by atoms with Gasteiger partial charge < -0.3 is 9.64 Å². The average molecular weight is 291 g/mol. The van der Waals surface area contributed by atoms with Crippen molar-refractivity contribution in [2.24, 2.45) is 0 Å². The molecule has 1 fully saturated rings. The van der Waals surface area contributed by atoms with Gasteiger partial charge in [-0.2, -0.15) is 0 Å². The van der Waals surface area contributed by atoms with Crippen LogP contribution in [0.2, 0.25) is 0 Å². The van der Waals surface area contributed by atoms with E-state index < -0.39 is 11.7 Å². The summed E-state index contributed by atoms with van der Waals surface area (Å²) in [5.74, 6) is 0.450. The Balaban J connectivity index is 2.17. The maximum atomic E-state index is 11.9. The first kappa shape index (κ1) is 15.3. The highest BCUT2D eigenvalue weighted by molar-refractivity contribution is 5.84. The number of hydrogen-bond donors (Lipinski definition) is 1. The van der Waals surface area contributed by atoms with Crippen molar-refractivity contribution in [1.82, 2.24) is 9.88 Å². The SMILES string of the molecule is CC(C)(C)OC(=O)Nc1ncccc1[C@@H]1CCCN1C=O. The Morgan fingerprint density at radius 1 is 1.52 bits per heavy atom. The molecule has 0 aliphatic carbocycles. The third kappa shape index (κ3) is 3.93. The van der Waals surface area contributed by atoms with Crippen molar-refractivity contribution in [2.45, 2.75) is 45.3 Å². The van der Waals surface area contributed by atoms with Crippen molar-refractivity contribution < 1.29 is 14.3 Å². The molecule has 1 atom stereocenters. The van der Waals surface area contributed by atoms with E-state index in [0.29, 0.717) is 5.82 Å². The largest absolute Gasteiger partial charge is 0.444 e. The fourth-order valence-electron chi connectivity index (χ4n) is 2.44. The van der Waals surface area contributed by atoms with E-state index in [1.54, 1.807) is 37.9 Å². The van der Waals surface area contributed by atoms with Gasteiger partial charge in [0.15, 0.2) is 0 Å². The lowest BCUT2D eigenvalue weighted by molar-refractivity contribution is -0.118. The third-order valence-corrected chi connectivity index (χ3v) is 3.25. The van der Waals surface area contributed by atoms with Crippen LogP contribution in [0.25, 0.3) is 0 Å². The summed E-state index contributed by atoms with van der Waals surface area (Å²) in [6.07, 6.45) is 3.73. The zero-order chi connectivity index (χ0) is 15.5. The minimum Gasteiger partial charge on any atom is -0.444 e. The molecule has 2 amide bonds. The number of carbonyl (C=O) groups is 2. The average Bonchev–Trinajstić information content (AvgIpc) is 2.85. The van der Waals surface area contributed by atoms with Gasteiger partial charge in [0.25, 0.3) is 0 Å². The van der Waals surface area contributed by atoms with Gasteiger partial charge >= 0.3 is 6.09 Å². The molecule has 1 aliphatic rings. The molecule has 114 valence electrons. The summed E-state index contributed by atoms with van der Waals surface area (Å²) in [7, 11) is 0. The van der Waals surface area contributed by atoms with Gasteiger partial charge in [-0.15, -0.1) is 0 Å². The van der Waals surface area contributed by atoms with Gasteiger partial charge in [-0.05, 0) is 39.7 Å². The van der Waals surface area contributed by atoms with Crippen LogP contribution in [0.1, 0.15) is 45.2 Å².